The predicted octanol–water partition coefficient (Wildman–Crippen LogP) is 1.60. The van der Waals surface area contributed by atoms with Crippen LogP contribution in [0.3, 0.4) is 0 Å². The monoisotopic (exact) mass is 180 g/mol. The molecule has 0 aromatic carbocycles. The van der Waals surface area contributed by atoms with E-state index >= 15 is 0 Å². The van der Waals surface area contributed by atoms with Crippen molar-refractivity contribution >= 4 is 5.91 Å². The van der Waals surface area contributed by atoms with Crippen LogP contribution in [0.4, 0.5) is 0 Å². The fraction of sp³-hybridized carbons (Fsp3) is 0.800. The molecule has 0 atom stereocenters. The number of nitriles is 1. The van der Waals surface area contributed by atoms with E-state index in [0.29, 0.717) is 6.54 Å². The summed E-state index contributed by atoms with van der Waals surface area (Å²) < 4.78 is 0. The summed E-state index contributed by atoms with van der Waals surface area (Å²) in [6.45, 7) is 2.69. The van der Waals surface area contributed by atoms with Gasteiger partial charge in [0.2, 0.25) is 5.91 Å². The Hall–Kier alpha value is -1.04. The molecule has 1 amide bonds. The largest absolute Gasteiger partial charge is 0.355 e. The maximum Gasteiger partial charge on any atom is 0.240 e. The number of carbonyl (C=O) groups excluding carboxylic acids is 1. The fourth-order valence-corrected chi connectivity index (χ4v) is 1.78. The quantitative estimate of drug-likeness (QED) is 0.717. The first-order chi connectivity index (χ1) is 6.25. The number of nitrogens with zero attached hydrogens (tertiary/aromatic N) is 1. The Kier molecular flexibility index (Phi) is 3.30. The minimum atomic E-state index is -0.699. The summed E-state index contributed by atoms with van der Waals surface area (Å²) in [5.74, 6) is -0.0608. The smallest absolute Gasteiger partial charge is 0.240 e. The number of hydrogen-bond donors (Lipinski definition) is 1. The first-order valence-corrected chi connectivity index (χ1v) is 4.95. The Morgan fingerprint density at radius 1 is 1.54 bits per heavy atom. The zero-order chi connectivity index (χ0) is 9.73. The molecule has 1 aliphatic rings. The van der Waals surface area contributed by atoms with Gasteiger partial charge in [0.05, 0.1) is 6.07 Å². The SMILES string of the molecule is CCCNC(=O)C1(C#N)CCCC1. The lowest BCUT2D eigenvalue weighted by atomic mass is 9.87. The molecule has 0 heterocycles. The van der Waals surface area contributed by atoms with Gasteiger partial charge in [-0.2, -0.15) is 5.26 Å². The van der Waals surface area contributed by atoms with Crippen LogP contribution in [0.1, 0.15) is 39.0 Å². The molecule has 0 bridgehead atoms. The number of amides is 1. The highest BCUT2D eigenvalue weighted by molar-refractivity contribution is 5.85. The molecule has 0 aromatic heterocycles. The van der Waals surface area contributed by atoms with Crippen molar-refractivity contribution in [1.29, 1.82) is 5.26 Å². The van der Waals surface area contributed by atoms with Gasteiger partial charge in [-0.3, -0.25) is 4.79 Å². The summed E-state index contributed by atoms with van der Waals surface area (Å²) in [6.07, 6.45) is 4.41. The average Bonchev–Trinajstić information content (AvgIpc) is 2.63. The van der Waals surface area contributed by atoms with E-state index in [1.54, 1.807) is 0 Å². The van der Waals surface area contributed by atoms with E-state index in [-0.39, 0.29) is 5.91 Å². The summed E-state index contributed by atoms with van der Waals surface area (Å²) in [5.41, 5.74) is -0.699. The Morgan fingerprint density at radius 2 is 2.15 bits per heavy atom. The van der Waals surface area contributed by atoms with Gasteiger partial charge in [-0.15, -0.1) is 0 Å². The average molecular weight is 180 g/mol. The van der Waals surface area contributed by atoms with E-state index < -0.39 is 5.41 Å². The van der Waals surface area contributed by atoms with Gasteiger partial charge in [-0.05, 0) is 19.3 Å². The van der Waals surface area contributed by atoms with E-state index in [1.165, 1.54) is 0 Å². The minimum Gasteiger partial charge on any atom is -0.355 e. The first kappa shape index (κ1) is 10.0. The van der Waals surface area contributed by atoms with Gasteiger partial charge in [-0.25, -0.2) is 0 Å². The van der Waals surface area contributed by atoms with Crippen LogP contribution in [0.25, 0.3) is 0 Å². The zero-order valence-electron chi connectivity index (χ0n) is 8.10. The molecule has 0 aliphatic heterocycles. The molecule has 1 saturated carbocycles. The lowest BCUT2D eigenvalue weighted by Gasteiger charge is -2.18. The first-order valence-electron chi connectivity index (χ1n) is 4.95. The Morgan fingerprint density at radius 3 is 2.62 bits per heavy atom. The molecule has 1 N–H and O–H groups in total. The Bertz CT molecular complexity index is 224. The normalized spacial score (nSPS) is 19.4. The summed E-state index contributed by atoms with van der Waals surface area (Å²) in [7, 11) is 0. The molecular formula is C10H16N2O. The van der Waals surface area contributed by atoms with E-state index in [4.69, 9.17) is 5.26 Å². The highest BCUT2D eigenvalue weighted by Gasteiger charge is 2.41. The maximum absolute atomic E-state index is 11.6. The summed E-state index contributed by atoms with van der Waals surface area (Å²) in [5, 5.41) is 11.8. The van der Waals surface area contributed by atoms with Gasteiger partial charge >= 0.3 is 0 Å². The van der Waals surface area contributed by atoms with Crippen LogP contribution in [-0.2, 0) is 4.79 Å². The van der Waals surface area contributed by atoms with Gasteiger partial charge < -0.3 is 5.32 Å². The highest BCUT2D eigenvalue weighted by Crippen LogP contribution is 2.37. The molecule has 3 nitrogen and oxygen atoms in total. The zero-order valence-corrected chi connectivity index (χ0v) is 8.10. The van der Waals surface area contributed by atoms with Crippen LogP contribution in [0.2, 0.25) is 0 Å². The number of carbonyl (C=O) groups is 1. The lowest BCUT2D eigenvalue weighted by molar-refractivity contribution is -0.127. The van der Waals surface area contributed by atoms with Crippen molar-refractivity contribution in [3.8, 4) is 6.07 Å². The number of hydrogen-bond acceptors (Lipinski definition) is 2. The van der Waals surface area contributed by atoms with Gasteiger partial charge in [0.15, 0.2) is 0 Å². The third-order valence-electron chi connectivity index (χ3n) is 2.64. The van der Waals surface area contributed by atoms with Crippen molar-refractivity contribution in [3.63, 3.8) is 0 Å². The highest BCUT2D eigenvalue weighted by atomic mass is 16.2. The molecule has 0 saturated heterocycles. The standard InChI is InChI=1S/C10H16N2O/c1-2-7-12-9(13)10(8-11)5-3-4-6-10/h2-7H2,1H3,(H,12,13). The maximum atomic E-state index is 11.6. The van der Waals surface area contributed by atoms with Crippen molar-refractivity contribution in [2.45, 2.75) is 39.0 Å². The predicted molar refractivity (Wildman–Crippen MR) is 49.8 cm³/mol. The number of rotatable bonds is 3. The topological polar surface area (TPSA) is 52.9 Å². The van der Waals surface area contributed by atoms with Crippen LogP contribution in [-0.4, -0.2) is 12.5 Å². The van der Waals surface area contributed by atoms with Crippen molar-refractivity contribution in [2.24, 2.45) is 5.41 Å². The van der Waals surface area contributed by atoms with Gasteiger partial charge in [0.1, 0.15) is 5.41 Å². The van der Waals surface area contributed by atoms with Crippen LogP contribution in [0, 0.1) is 16.7 Å². The third-order valence-corrected chi connectivity index (χ3v) is 2.64. The van der Waals surface area contributed by atoms with Crippen LogP contribution < -0.4 is 5.32 Å². The van der Waals surface area contributed by atoms with Gasteiger partial charge in [-0.1, -0.05) is 19.8 Å². The second-order valence-electron chi connectivity index (χ2n) is 3.66. The summed E-state index contributed by atoms with van der Waals surface area (Å²) in [6, 6.07) is 2.17. The summed E-state index contributed by atoms with van der Waals surface area (Å²) in [4.78, 5) is 11.6. The van der Waals surface area contributed by atoms with Crippen molar-refractivity contribution in [1.82, 2.24) is 5.32 Å². The van der Waals surface area contributed by atoms with E-state index in [2.05, 4.69) is 11.4 Å². The second kappa shape index (κ2) is 4.27. The van der Waals surface area contributed by atoms with E-state index in [1.807, 2.05) is 6.92 Å². The van der Waals surface area contributed by atoms with Crippen molar-refractivity contribution < 1.29 is 4.79 Å². The molecule has 0 aromatic rings. The van der Waals surface area contributed by atoms with E-state index in [0.717, 1.165) is 32.1 Å². The van der Waals surface area contributed by atoms with Crippen molar-refractivity contribution in [2.75, 3.05) is 6.54 Å². The van der Waals surface area contributed by atoms with E-state index in [9.17, 15) is 4.79 Å². The molecule has 1 aliphatic carbocycles. The third kappa shape index (κ3) is 2.00. The Labute approximate surface area is 79.1 Å². The Balaban J connectivity index is 2.56. The molecular weight excluding hydrogens is 164 g/mol. The molecule has 1 fully saturated rings. The lowest BCUT2D eigenvalue weighted by Crippen LogP contribution is -2.38. The van der Waals surface area contributed by atoms with Crippen LogP contribution >= 0.6 is 0 Å². The molecule has 72 valence electrons. The number of nitrogens with one attached hydrogen (secondary N) is 1. The van der Waals surface area contributed by atoms with Crippen LogP contribution in [0.15, 0.2) is 0 Å². The van der Waals surface area contributed by atoms with Gasteiger partial charge in [0, 0.05) is 6.54 Å². The molecule has 0 radical (unpaired) electrons. The second-order valence-corrected chi connectivity index (χ2v) is 3.66. The minimum absolute atomic E-state index is 0.0608. The molecule has 0 spiro atoms. The molecule has 3 heteroatoms. The molecule has 1 rings (SSSR count). The summed E-state index contributed by atoms with van der Waals surface area (Å²) >= 11 is 0. The molecule has 0 unspecified atom stereocenters. The molecule has 13 heavy (non-hydrogen) atoms. The van der Waals surface area contributed by atoms with Crippen LogP contribution in [0.5, 0.6) is 0 Å². The van der Waals surface area contributed by atoms with Crippen molar-refractivity contribution in [3.05, 3.63) is 0 Å². The van der Waals surface area contributed by atoms with Gasteiger partial charge in [0.25, 0.3) is 0 Å². The fourth-order valence-electron chi connectivity index (χ4n) is 1.78.